The molecule has 0 atom stereocenters. The molecule has 6 nitrogen and oxygen atoms in total. The van der Waals surface area contributed by atoms with E-state index in [0.717, 1.165) is 25.9 Å². The summed E-state index contributed by atoms with van der Waals surface area (Å²) in [5.41, 5.74) is 1.82. The number of carbonyl (C=O) groups is 2. The Morgan fingerprint density at radius 3 is 2.54 bits per heavy atom. The van der Waals surface area contributed by atoms with Gasteiger partial charge in [0.1, 0.15) is 6.07 Å². The summed E-state index contributed by atoms with van der Waals surface area (Å²) >= 11 is 12.0. The average molecular weight is 417 g/mol. The number of amides is 2. The first-order valence-corrected chi connectivity index (χ1v) is 9.55. The minimum atomic E-state index is -0.310. The van der Waals surface area contributed by atoms with Gasteiger partial charge in [-0.3, -0.25) is 9.59 Å². The molecule has 0 saturated carbocycles. The van der Waals surface area contributed by atoms with Gasteiger partial charge in [-0.1, -0.05) is 23.2 Å². The fourth-order valence-electron chi connectivity index (χ4n) is 3.00. The van der Waals surface area contributed by atoms with E-state index < -0.39 is 0 Å². The molecular formula is C20H18Cl2N4O2. The van der Waals surface area contributed by atoms with E-state index in [0.29, 0.717) is 27.5 Å². The van der Waals surface area contributed by atoms with Gasteiger partial charge < -0.3 is 15.5 Å². The Kier molecular flexibility index (Phi) is 6.40. The number of nitrogens with zero attached hydrogens (tertiary/aromatic N) is 2. The summed E-state index contributed by atoms with van der Waals surface area (Å²) < 4.78 is 0. The summed E-state index contributed by atoms with van der Waals surface area (Å²) in [6.07, 6.45) is 1.98. The third-order valence-electron chi connectivity index (χ3n) is 4.42. The first-order chi connectivity index (χ1) is 13.5. The third kappa shape index (κ3) is 4.75. The lowest BCUT2D eigenvalue weighted by Gasteiger charge is -2.18. The van der Waals surface area contributed by atoms with Gasteiger partial charge in [-0.05, 0) is 49.2 Å². The Morgan fingerprint density at radius 2 is 1.86 bits per heavy atom. The van der Waals surface area contributed by atoms with Gasteiger partial charge in [0.05, 0.1) is 22.7 Å². The minimum absolute atomic E-state index is 0.0421. The molecule has 0 radical (unpaired) electrons. The number of likely N-dealkylation sites (tertiary alicyclic amines) is 1. The van der Waals surface area contributed by atoms with Gasteiger partial charge in [0.15, 0.2) is 0 Å². The predicted octanol–water partition coefficient (Wildman–Crippen LogP) is 4.15. The quantitative estimate of drug-likeness (QED) is 0.766. The molecule has 0 bridgehead atoms. The van der Waals surface area contributed by atoms with Gasteiger partial charge >= 0.3 is 0 Å². The van der Waals surface area contributed by atoms with Gasteiger partial charge in [0.2, 0.25) is 5.91 Å². The number of halogens is 2. The molecule has 0 unspecified atom stereocenters. The largest absolute Gasteiger partial charge is 0.375 e. The van der Waals surface area contributed by atoms with Crippen molar-refractivity contribution in [3.8, 4) is 6.07 Å². The molecule has 1 fully saturated rings. The van der Waals surface area contributed by atoms with E-state index in [1.165, 1.54) is 12.1 Å². The molecule has 3 rings (SSSR count). The van der Waals surface area contributed by atoms with E-state index in [1.54, 1.807) is 29.2 Å². The van der Waals surface area contributed by atoms with Crippen molar-refractivity contribution in [3.63, 3.8) is 0 Å². The van der Waals surface area contributed by atoms with Gasteiger partial charge in [-0.25, -0.2) is 0 Å². The maximum atomic E-state index is 12.7. The van der Waals surface area contributed by atoms with Crippen LogP contribution in [-0.4, -0.2) is 36.3 Å². The molecule has 144 valence electrons. The topological polar surface area (TPSA) is 85.2 Å². The Labute approximate surface area is 173 Å². The number of carbonyl (C=O) groups excluding carboxylic acids is 2. The monoisotopic (exact) mass is 416 g/mol. The molecule has 1 heterocycles. The molecule has 0 aliphatic carbocycles. The summed E-state index contributed by atoms with van der Waals surface area (Å²) in [6.45, 7) is 1.41. The van der Waals surface area contributed by atoms with E-state index in [-0.39, 0.29) is 23.4 Å². The normalized spacial score (nSPS) is 13.1. The van der Waals surface area contributed by atoms with Crippen LogP contribution in [0.3, 0.4) is 0 Å². The second kappa shape index (κ2) is 8.96. The zero-order valence-electron chi connectivity index (χ0n) is 15.0. The van der Waals surface area contributed by atoms with Crippen LogP contribution >= 0.6 is 23.2 Å². The number of hydrogen-bond acceptors (Lipinski definition) is 4. The molecule has 2 amide bonds. The van der Waals surface area contributed by atoms with E-state index in [9.17, 15) is 9.59 Å². The van der Waals surface area contributed by atoms with E-state index in [4.69, 9.17) is 28.5 Å². The highest BCUT2D eigenvalue weighted by Gasteiger charge is 2.22. The highest BCUT2D eigenvalue weighted by molar-refractivity contribution is 6.32. The van der Waals surface area contributed by atoms with Crippen LogP contribution in [-0.2, 0) is 4.79 Å². The van der Waals surface area contributed by atoms with E-state index in [2.05, 4.69) is 10.6 Å². The number of rotatable bonds is 5. The molecule has 2 N–H and O–H groups in total. The van der Waals surface area contributed by atoms with Crippen molar-refractivity contribution < 1.29 is 9.59 Å². The second-order valence-electron chi connectivity index (χ2n) is 6.40. The van der Waals surface area contributed by atoms with Crippen LogP contribution in [0.1, 0.15) is 28.8 Å². The van der Waals surface area contributed by atoms with Gasteiger partial charge in [0.25, 0.3) is 5.91 Å². The summed E-state index contributed by atoms with van der Waals surface area (Å²) in [5.74, 6) is -0.405. The second-order valence-corrected chi connectivity index (χ2v) is 7.24. The smallest absolute Gasteiger partial charge is 0.256 e. The van der Waals surface area contributed by atoms with Crippen LogP contribution in [0.5, 0.6) is 0 Å². The highest BCUT2D eigenvalue weighted by atomic mass is 35.5. The number of nitriles is 1. The van der Waals surface area contributed by atoms with Crippen LogP contribution in [0.4, 0.5) is 11.4 Å². The summed E-state index contributed by atoms with van der Waals surface area (Å²) in [7, 11) is 0. The molecule has 1 aliphatic heterocycles. The number of nitrogens with one attached hydrogen (secondary N) is 2. The van der Waals surface area contributed by atoms with Crippen molar-refractivity contribution >= 4 is 46.4 Å². The number of benzene rings is 2. The molecule has 1 saturated heterocycles. The fourth-order valence-corrected chi connectivity index (χ4v) is 3.40. The van der Waals surface area contributed by atoms with Crippen molar-refractivity contribution in [2.24, 2.45) is 0 Å². The maximum absolute atomic E-state index is 12.7. The maximum Gasteiger partial charge on any atom is 0.256 e. The molecule has 2 aromatic carbocycles. The van der Waals surface area contributed by atoms with Crippen LogP contribution < -0.4 is 10.6 Å². The van der Waals surface area contributed by atoms with Crippen molar-refractivity contribution in [2.45, 2.75) is 12.8 Å². The number of anilines is 2. The SMILES string of the molecule is N#Cc1ccc(NC(=O)CNc2ccc(Cl)cc2C(=O)N2CCCC2)cc1Cl. The summed E-state index contributed by atoms with van der Waals surface area (Å²) in [5, 5.41) is 15.3. The molecule has 28 heavy (non-hydrogen) atoms. The Bertz CT molecular complexity index is 950. The van der Waals surface area contributed by atoms with Crippen molar-refractivity contribution in [2.75, 3.05) is 30.3 Å². The first kappa shape index (κ1) is 20.0. The van der Waals surface area contributed by atoms with Crippen LogP contribution in [0, 0.1) is 11.3 Å². The molecule has 8 heteroatoms. The lowest BCUT2D eigenvalue weighted by atomic mass is 10.1. The lowest BCUT2D eigenvalue weighted by molar-refractivity contribution is -0.114. The average Bonchev–Trinajstić information content (AvgIpc) is 3.21. The molecule has 1 aliphatic rings. The fraction of sp³-hybridized carbons (Fsp3) is 0.250. The lowest BCUT2D eigenvalue weighted by Crippen LogP contribution is -2.29. The molecule has 2 aromatic rings. The molecule has 0 spiro atoms. The first-order valence-electron chi connectivity index (χ1n) is 8.80. The van der Waals surface area contributed by atoms with Crippen LogP contribution in [0.2, 0.25) is 10.0 Å². The van der Waals surface area contributed by atoms with Crippen molar-refractivity contribution in [1.29, 1.82) is 5.26 Å². The zero-order valence-corrected chi connectivity index (χ0v) is 16.5. The molecular weight excluding hydrogens is 399 g/mol. The zero-order chi connectivity index (χ0) is 20.1. The van der Waals surface area contributed by atoms with Crippen LogP contribution in [0.25, 0.3) is 0 Å². The Balaban J connectivity index is 1.67. The van der Waals surface area contributed by atoms with Crippen LogP contribution in [0.15, 0.2) is 36.4 Å². The summed E-state index contributed by atoms with van der Waals surface area (Å²) in [6, 6.07) is 11.6. The third-order valence-corrected chi connectivity index (χ3v) is 4.97. The standard InChI is InChI=1S/C20H18Cl2N4O2/c21-14-4-6-18(16(9-14)20(28)26-7-1-2-8-26)24-12-19(27)25-15-5-3-13(11-23)17(22)10-15/h3-6,9-10,24H,1-2,7-8,12H2,(H,25,27). The Hall–Kier alpha value is -2.75. The van der Waals surface area contributed by atoms with Gasteiger partial charge in [-0.15, -0.1) is 0 Å². The van der Waals surface area contributed by atoms with Crippen molar-refractivity contribution in [3.05, 3.63) is 57.6 Å². The van der Waals surface area contributed by atoms with E-state index in [1.807, 2.05) is 6.07 Å². The van der Waals surface area contributed by atoms with E-state index >= 15 is 0 Å². The predicted molar refractivity (Wildman–Crippen MR) is 110 cm³/mol. The number of hydrogen-bond donors (Lipinski definition) is 2. The highest BCUT2D eigenvalue weighted by Crippen LogP contribution is 2.24. The Morgan fingerprint density at radius 1 is 1.11 bits per heavy atom. The summed E-state index contributed by atoms with van der Waals surface area (Å²) in [4.78, 5) is 26.8. The minimum Gasteiger partial charge on any atom is -0.375 e. The van der Waals surface area contributed by atoms with Gasteiger partial charge in [0, 0.05) is 29.5 Å². The van der Waals surface area contributed by atoms with Gasteiger partial charge in [-0.2, -0.15) is 5.26 Å². The van der Waals surface area contributed by atoms with Crippen molar-refractivity contribution in [1.82, 2.24) is 4.90 Å². The molecule has 0 aromatic heterocycles.